The zero-order chi connectivity index (χ0) is 10.9. The molecule has 0 saturated heterocycles. The zero-order valence-electron chi connectivity index (χ0n) is 9.19. The van der Waals surface area contributed by atoms with Crippen molar-refractivity contribution in [3.63, 3.8) is 0 Å². The SMILES string of the molecule is CCOCCCNc1cc(SC)ncn1. The number of hydrogen-bond acceptors (Lipinski definition) is 5. The summed E-state index contributed by atoms with van der Waals surface area (Å²) in [6.45, 7) is 4.46. The highest BCUT2D eigenvalue weighted by molar-refractivity contribution is 7.98. The molecule has 0 atom stereocenters. The molecule has 0 radical (unpaired) electrons. The lowest BCUT2D eigenvalue weighted by atomic mass is 10.4. The molecule has 84 valence electrons. The van der Waals surface area contributed by atoms with E-state index in [1.807, 2.05) is 19.2 Å². The van der Waals surface area contributed by atoms with Gasteiger partial charge in [0.15, 0.2) is 0 Å². The maximum atomic E-state index is 5.24. The van der Waals surface area contributed by atoms with Crippen molar-refractivity contribution in [1.29, 1.82) is 0 Å². The number of hydrogen-bond donors (Lipinski definition) is 1. The third-order valence-electron chi connectivity index (χ3n) is 1.83. The van der Waals surface area contributed by atoms with Crippen molar-refractivity contribution in [3.05, 3.63) is 12.4 Å². The summed E-state index contributed by atoms with van der Waals surface area (Å²) in [7, 11) is 0. The first kappa shape index (κ1) is 12.3. The molecule has 1 aromatic rings. The second-order valence-corrected chi connectivity index (χ2v) is 3.75. The van der Waals surface area contributed by atoms with Crippen LogP contribution in [0.5, 0.6) is 0 Å². The molecule has 1 N–H and O–H groups in total. The van der Waals surface area contributed by atoms with Crippen LogP contribution in [0, 0.1) is 0 Å². The lowest BCUT2D eigenvalue weighted by Gasteiger charge is -2.05. The first-order valence-corrected chi connectivity index (χ1v) is 6.27. The summed E-state index contributed by atoms with van der Waals surface area (Å²) < 4.78 is 5.24. The number of nitrogens with zero attached hydrogens (tertiary/aromatic N) is 2. The van der Waals surface area contributed by atoms with Crippen LogP contribution in [-0.2, 0) is 4.74 Å². The van der Waals surface area contributed by atoms with E-state index in [0.29, 0.717) is 0 Å². The van der Waals surface area contributed by atoms with Crippen molar-refractivity contribution in [2.24, 2.45) is 0 Å². The summed E-state index contributed by atoms with van der Waals surface area (Å²) in [4.78, 5) is 8.23. The van der Waals surface area contributed by atoms with Crippen molar-refractivity contribution in [2.75, 3.05) is 31.3 Å². The lowest BCUT2D eigenvalue weighted by Crippen LogP contribution is -2.07. The third kappa shape index (κ3) is 4.99. The molecule has 4 nitrogen and oxygen atoms in total. The first-order chi connectivity index (χ1) is 7.36. The van der Waals surface area contributed by atoms with Gasteiger partial charge in [0.2, 0.25) is 0 Å². The zero-order valence-corrected chi connectivity index (χ0v) is 10.0. The van der Waals surface area contributed by atoms with Crippen molar-refractivity contribution >= 4 is 17.6 Å². The molecule has 0 unspecified atom stereocenters. The van der Waals surface area contributed by atoms with Gasteiger partial charge in [-0.15, -0.1) is 11.8 Å². The fourth-order valence-corrected chi connectivity index (χ4v) is 1.46. The molecule has 0 fully saturated rings. The van der Waals surface area contributed by atoms with Crippen molar-refractivity contribution in [1.82, 2.24) is 9.97 Å². The van der Waals surface area contributed by atoms with E-state index in [2.05, 4.69) is 15.3 Å². The molecule has 15 heavy (non-hydrogen) atoms. The third-order valence-corrected chi connectivity index (χ3v) is 2.47. The van der Waals surface area contributed by atoms with Crippen LogP contribution in [0.25, 0.3) is 0 Å². The van der Waals surface area contributed by atoms with E-state index in [-0.39, 0.29) is 0 Å². The molecule has 0 aromatic carbocycles. The van der Waals surface area contributed by atoms with Gasteiger partial charge < -0.3 is 10.1 Å². The summed E-state index contributed by atoms with van der Waals surface area (Å²) >= 11 is 1.61. The molecule has 0 spiro atoms. The van der Waals surface area contributed by atoms with Crippen LogP contribution in [0.3, 0.4) is 0 Å². The maximum absolute atomic E-state index is 5.24. The Morgan fingerprint density at radius 1 is 1.47 bits per heavy atom. The fraction of sp³-hybridized carbons (Fsp3) is 0.600. The normalized spacial score (nSPS) is 10.3. The number of aromatic nitrogens is 2. The highest BCUT2D eigenvalue weighted by atomic mass is 32.2. The van der Waals surface area contributed by atoms with Crippen LogP contribution in [-0.4, -0.2) is 36.0 Å². The van der Waals surface area contributed by atoms with Gasteiger partial charge in [-0.1, -0.05) is 0 Å². The highest BCUT2D eigenvalue weighted by Gasteiger charge is 1.96. The van der Waals surface area contributed by atoms with E-state index in [9.17, 15) is 0 Å². The van der Waals surface area contributed by atoms with Crippen LogP contribution in [0.15, 0.2) is 17.4 Å². The minimum Gasteiger partial charge on any atom is -0.382 e. The van der Waals surface area contributed by atoms with Gasteiger partial charge in [-0.2, -0.15) is 0 Å². The Bertz CT molecular complexity index is 283. The number of ether oxygens (including phenoxy) is 1. The number of rotatable bonds is 7. The van der Waals surface area contributed by atoms with Gasteiger partial charge in [-0.05, 0) is 19.6 Å². The highest BCUT2D eigenvalue weighted by Crippen LogP contribution is 2.13. The van der Waals surface area contributed by atoms with Crippen LogP contribution in [0.1, 0.15) is 13.3 Å². The minimum absolute atomic E-state index is 0.782. The van der Waals surface area contributed by atoms with Crippen LogP contribution in [0.2, 0.25) is 0 Å². The molecule has 1 aromatic heterocycles. The molecule has 0 aliphatic carbocycles. The quantitative estimate of drug-likeness (QED) is 0.439. The van der Waals surface area contributed by atoms with Gasteiger partial charge in [-0.3, -0.25) is 0 Å². The van der Waals surface area contributed by atoms with Crippen LogP contribution >= 0.6 is 11.8 Å². The Morgan fingerprint density at radius 2 is 2.33 bits per heavy atom. The number of anilines is 1. The summed E-state index contributed by atoms with van der Waals surface area (Å²) in [6, 6.07) is 1.95. The van der Waals surface area contributed by atoms with Gasteiger partial charge in [-0.25, -0.2) is 9.97 Å². The predicted octanol–water partition coefficient (Wildman–Crippen LogP) is 2.04. The Kier molecular flexibility index (Phi) is 6.11. The summed E-state index contributed by atoms with van der Waals surface area (Å²) in [5, 5.41) is 4.22. The summed E-state index contributed by atoms with van der Waals surface area (Å²) in [5.41, 5.74) is 0. The lowest BCUT2D eigenvalue weighted by molar-refractivity contribution is 0.147. The van der Waals surface area contributed by atoms with Crippen molar-refractivity contribution in [2.45, 2.75) is 18.4 Å². The Morgan fingerprint density at radius 3 is 3.07 bits per heavy atom. The molecule has 0 aliphatic heterocycles. The average Bonchev–Trinajstić information content (AvgIpc) is 2.29. The van der Waals surface area contributed by atoms with E-state index in [1.54, 1.807) is 18.1 Å². The number of nitrogens with one attached hydrogen (secondary N) is 1. The molecule has 5 heteroatoms. The standard InChI is InChI=1S/C10H17N3OS/c1-3-14-6-4-5-11-9-7-10(15-2)13-8-12-9/h7-8H,3-6H2,1-2H3,(H,11,12,13). The molecule has 1 heterocycles. The van der Waals surface area contributed by atoms with Crippen molar-refractivity contribution < 1.29 is 4.74 Å². The topological polar surface area (TPSA) is 47.0 Å². The minimum atomic E-state index is 0.782. The van der Waals surface area contributed by atoms with E-state index < -0.39 is 0 Å². The largest absolute Gasteiger partial charge is 0.382 e. The van der Waals surface area contributed by atoms with E-state index >= 15 is 0 Å². The monoisotopic (exact) mass is 227 g/mol. The Labute approximate surface area is 94.8 Å². The molecule has 0 aliphatic rings. The second kappa shape index (κ2) is 7.48. The summed E-state index contributed by atoms with van der Waals surface area (Å²) in [5.74, 6) is 0.880. The van der Waals surface area contributed by atoms with E-state index in [4.69, 9.17) is 4.74 Å². The number of thioether (sulfide) groups is 1. The maximum Gasteiger partial charge on any atom is 0.130 e. The Hall–Kier alpha value is -0.810. The van der Waals surface area contributed by atoms with Crippen LogP contribution in [0.4, 0.5) is 5.82 Å². The van der Waals surface area contributed by atoms with Gasteiger partial charge in [0.1, 0.15) is 17.2 Å². The van der Waals surface area contributed by atoms with Crippen molar-refractivity contribution in [3.8, 4) is 0 Å². The van der Waals surface area contributed by atoms with Gasteiger partial charge in [0, 0.05) is 25.8 Å². The predicted molar refractivity (Wildman–Crippen MR) is 63.4 cm³/mol. The second-order valence-electron chi connectivity index (χ2n) is 2.92. The molecule has 0 amide bonds. The molecule has 0 bridgehead atoms. The molecule has 0 saturated carbocycles. The van der Waals surface area contributed by atoms with Gasteiger partial charge in [0.05, 0.1) is 0 Å². The smallest absolute Gasteiger partial charge is 0.130 e. The summed E-state index contributed by atoms with van der Waals surface area (Å²) in [6.07, 6.45) is 4.57. The first-order valence-electron chi connectivity index (χ1n) is 5.04. The average molecular weight is 227 g/mol. The molecular weight excluding hydrogens is 210 g/mol. The van der Waals surface area contributed by atoms with Gasteiger partial charge in [0.25, 0.3) is 0 Å². The molecule has 1 rings (SSSR count). The van der Waals surface area contributed by atoms with Crippen LogP contribution < -0.4 is 5.32 Å². The molecular formula is C10H17N3OS. The fourth-order valence-electron chi connectivity index (χ4n) is 1.08. The van der Waals surface area contributed by atoms with E-state index in [1.165, 1.54) is 0 Å². The van der Waals surface area contributed by atoms with E-state index in [0.717, 1.165) is 37.0 Å². The van der Waals surface area contributed by atoms with Gasteiger partial charge >= 0.3 is 0 Å². The Balaban J connectivity index is 2.24.